The Bertz CT molecular complexity index is 253. The van der Waals surface area contributed by atoms with E-state index >= 15 is 0 Å². The lowest BCUT2D eigenvalue weighted by Crippen LogP contribution is -2.33. The van der Waals surface area contributed by atoms with Crippen LogP contribution >= 0.6 is 0 Å². The molecule has 1 aliphatic heterocycles. The van der Waals surface area contributed by atoms with Crippen molar-refractivity contribution in [1.82, 2.24) is 4.90 Å². The summed E-state index contributed by atoms with van der Waals surface area (Å²) in [7, 11) is 0. The van der Waals surface area contributed by atoms with Gasteiger partial charge in [0.1, 0.15) is 0 Å². The number of hydrogen-bond donors (Lipinski definition) is 0. The fraction of sp³-hybridized carbons (Fsp3) is 0.917. The maximum Gasteiger partial charge on any atom is 0.225 e. The topological polar surface area (TPSA) is 29.5 Å². The van der Waals surface area contributed by atoms with Crippen molar-refractivity contribution in [3.8, 4) is 0 Å². The minimum Gasteiger partial charge on any atom is -0.371 e. The van der Waals surface area contributed by atoms with E-state index in [1.807, 2.05) is 4.90 Å². The van der Waals surface area contributed by atoms with Gasteiger partial charge in [-0.25, -0.2) is 0 Å². The van der Waals surface area contributed by atoms with Gasteiger partial charge in [0.05, 0.1) is 11.7 Å². The highest BCUT2D eigenvalue weighted by molar-refractivity contribution is 5.81. The molecular formula is C12H21NO2. The van der Waals surface area contributed by atoms with E-state index in [9.17, 15) is 4.79 Å². The van der Waals surface area contributed by atoms with E-state index in [2.05, 4.69) is 20.8 Å². The van der Waals surface area contributed by atoms with Gasteiger partial charge in [-0.1, -0.05) is 0 Å². The highest BCUT2D eigenvalue weighted by Crippen LogP contribution is 2.32. The minimum absolute atomic E-state index is 0.0939. The zero-order chi connectivity index (χ0) is 11.1. The summed E-state index contributed by atoms with van der Waals surface area (Å²) >= 11 is 0. The molecule has 1 amide bonds. The molecular weight excluding hydrogens is 190 g/mol. The molecule has 0 bridgehead atoms. The van der Waals surface area contributed by atoms with E-state index in [-0.39, 0.29) is 11.7 Å². The van der Waals surface area contributed by atoms with E-state index in [0.29, 0.717) is 11.8 Å². The number of nitrogens with zero attached hydrogens (tertiary/aromatic N) is 1. The molecule has 3 heteroatoms. The van der Waals surface area contributed by atoms with Crippen molar-refractivity contribution in [2.24, 2.45) is 5.92 Å². The van der Waals surface area contributed by atoms with Crippen LogP contribution in [0.4, 0.5) is 0 Å². The summed E-state index contributed by atoms with van der Waals surface area (Å²) in [6.45, 7) is 7.89. The van der Waals surface area contributed by atoms with Crippen LogP contribution in [0, 0.1) is 5.92 Å². The maximum absolute atomic E-state index is 11.8. The number of amides is 1. The first-order valence-electron chi connectivity index (χ1n) is 5.92. The van der Waals surface area contributed by atoms with Crippen LogP contribution < -0.4 is 0 Å². The van der Waals surface area contributed by atoms with E-state index in [4.69, 9.17) is 4.74 Å². The quantitative estimate of drug-likeness (QED) is 0.697. The van der Waals surface area contributed by atoms with E-state index in [0.717, 1.165) is 32.4 Å². The van der Waals surface area contributed by atoms with Gasteiger partial charge in [-0.05, 0) is 40.0 Å². The van der Waals surface area contributed by atoms with E-state index in [1.54, 1.807) is 0 Å². The van der Waals surface area contributed by atoms with Crippen LogP contribution in [0.5, 0.6) is 0 Å². The molecule has 15 heavy (non-hydrogen) atoms. The van der Waals surface area contributed by atoms with Crippen molar-refractivity contribution in [3.05, 3.63) is 0 Å². The third-order valence-electron chi connectivity index (χ3n) is 2.90. The molecule has 3 nitrogen and oxygen atoms in total. The fourth-order valence-corrected chi connectivity index (χ4v) is 2.11. The fourth-order valence-electron chi connectivity index (χ4n) is 2.11. The highest BCUT2D eigenvalue weighted by Gasteiger charge is 2.37. The minimum atomic E-state index is -0.0939. The van der Waals surface area contributed by atoms with Crippen molar-refractivity contribution in [2.75, 3.05) is 13.1 Å². The lowest BCUT2D eigenvalue weighted by Gasteiger charge is -2.25. The van der Waals surface area contributed by atoms with Gasteiger partial charge in [-0.15, -0.1) is 0 Å². The van der Waals surface area contributed by atoms with Crippen molar-refractivity contribution in [2.45, 2.75) is 51.7 Å². The van der Waals surface area contributed by atoms with Crippen molar-refractivity contribution in [3.63, 3.8) is 0 Å². The molecule has 1 atom stereocenters. The monoisotopic (exact) mass is 211 g/mol. The molecule has 0 aromatic carbocycles. The second-order valence-corrected chi connectivity index (χ2v) is 5.70. The molecule has 2 rings (SSSR count). The van der Waals surface area contributed by atoms with Gasteiger partial charge in [0.25, 0.3) is 0 Å². The second-order valence-electron chi connectivity index (χ2n) is 5.70. The van der Waals surface area contributed by atoms with Gasteiger partial charge >= 0.3 is 0 Å². The summed E-state index contributed by atoms with van der Waals surface area (Å²) in [5, 5.41) is 0. The first-order valence-corrected chi connectivity index (χ1v) is 5.92. The Hall–Kier alpha value is -0.570. The van der Waals surface area contributed by atoms with Gasteiger partial charge in [0.2, 0.25) is 5.91 Å². The standard InChI is InChI=1S/C12H21NO2/c1-12(2,3)15-10-6-7-13(8-10)11(14)9-4-5-9/h9-10H,4-8H2,1-3H3. The second kappa shape index (κ2) is 3.78. The van der Waals surface area contributed by atoms with Crippen molar-refractivity contribution >= 4 is 5.91 Å². The smallest absolute Gasteiger partial charge is 0.225 e. The number of ether oxygens (including phenoxy) is 1. The number of carbonyl (C=O) groups is 1. The van der Waals surface area contributed by atoms with Crippen LogP contribution in [0.1, 0.15) is 40.0 Å². The lowest BCUT2D eigenvalue weighted by molar-refractivity contribution is -0.132. The number of rotatable bonds is 2. The summed E-state index contributed by atoms with van der Waals surface area (Å²) in [6.07, 6.45) is 3.43. The Morgan fingerprint density at radius 1 is 1.27 bits per heavy atom. The molecule has 0 aromatic rings. The van der Waals surface area contributed by atoms with E-state index < -0.39 is 0 Å². The number of carbonyl (C=O) groups excluding carboxylic acids is 1. The molecule has 86 valence electrons. The third kappa shape index (κ3) is 2.94. The van der Waals surface area contributed by atoms with Crippen LogP contribution in [0.15, 0.2) is 0 Å². The van der Waals surface area contributed by atoms with Crippen LogP contribution in [0.25, 0.3) is 0 Å². The van der Waals surface area contributed by atoms with Crippen LogP contribution in [0.2, 0.25) is 0 Å². The Balaban J connectivity index is 1.81. The van der Waals surface area contributed by atoms with E-state index in [1.165, 1.54) is 0 Å². The van der Waals surface area contributed by atoms with Crippen LogP contribution in [0.3, 0.4) is 0 Å². The highest BCUT2D eigenvalue weighted by atomic mass is 16.5. The molecule has 1 saturated carbocycles. The summed E-state index contributed by atoms with van der Waals surface area (Å²) in [4.78, 5) is 13.8. The number of hydrogen-bond acceptors (Lipinski definition) is 2. The Morgan fingerprint density at radius 2 is 1.93 bits per heavy atom. The molecule has 0 spiro atoms. The normalized spacial score (nSPS) is 27.1. The summed E-state index contributed by atoms with van der Waals surface area (Å²) in [5.74, 6) is 0.702. The van der Waals surface area contributed by atoms with Gasteiger partial charge < -0.3 is 9.64 Å². The Kier molecular flexibility index (Phi) is 2.75. The van der Waals surface area contributed by atoms with Gasteiger partial charge in [0, 0.05) is 19.0 Å². The van der Waals surface area contributed by atoms with Gasteiger partial charge in [-0.2, -0.15) is 0 Å². The number of likely N-dealkylation sites (tertiary alicyclic amines) is 1. The molecule has 0 aromatic heterocycles. The summed E-state index contributed by atoms with van der Waals surface area (Å²) in [6, 6.07) is 0. The molecule has 1 aliphatic carbocycles. The Labute approximate surface area is 91.8 Å². The maximum atomic E-state index is 11.8. The van der Waals surface area contributed by atoms with Crippen LogP contribution in [-0.2, 0) is 9.53 Å². The zero-order valence-electron chi connectivity index (χ0n) is 9.95. The van der Waals surface area contributed by atoms with Gasteiger partial charge in [-0.3, -0.25) is 4.79 Å². The van der Waals surface area contributed by atoms with Crippen molar-refractivity contribution < 1.29 is 9.53 Å². The molecule has 0 radical (unpaired) electrons. The molecule has 1 unspecified atom stereocenters. The third-order valence-corrected chi connectivity index (χ3v) is 2.90. The first-order chi connectivity index (χ1) is 6.96. The lowest BCUT2D eigenvalue weighted by atomic mass is 10.2. The summed E-state index contributed by atoms with van der Waals surface area (Å²) in [5.41, 5.74) is -0.0939. The molecule has 1 heterocycles. The molecule has 2 aliphatic rings. The molecule has 0 N–H and O–H groups in total. The predicted molar refractivity (Wildman–Crippen MR) is 58.5 cm³/mol. The summed E-state index contributed by atoms with van der Waals surface area (Å²) < 4.78 is 5.89. The average molecular weight is 211 g/mol. The van der Waals surface area contributed by atoms with Crippen LogP contribution in [-0.4, -0.2) is 35.6 Å². The van der Waals surface area contributed by atoms with Gasteiger partial charge in [0.15, 0.2) is 0 Å². The SMILES string of the molecule is CC(C)(C)OC1CCN(C(=O)C2CC2)C1. The van der Waals surface area contributed by atoms with Crippen molar-refractivity contribution in [1.29, 1.82) is 0 Å². The first kappa shape index (κ1) is 10.9. The average Bonchev–Trinajstić information content (AvgIpc) is 2.85. The largest absolute Gasteiger partial charge is 0.371 e. The Morgan fingerprint density at radius 3 is 2.47 bits per heavy atom. The molecule has 1 saturated heterocycles. The zero-order valence-corrected chi connectivity index (χ0v) is 9.95. The predicted octanol–water partition coefficient (Wildman–Crippen LogP) is 1.81. The molecule has 2 fully saturated rings.